The molecule has 106 valence electrons. The summed E-state index contributed by atoms with van der Waals surface area (Å²) in [6.45, 7) is 5.91. The van der Waals surface area contributed by atoms with Crippen molar-refractivity contribution in [3.63, 3.8) is 0 Å². The third-order valence-corrected chi connectivity index (χ3v) is 3.49. The van der Waals surface area contributed by atoms with Crippen LogP contribution in [-0.4, -0.2) is 49.6 Å². The number of rotatable bonds is 6. The van der Waals surface area contributed by atoms with Crippen LogP contribution in [0.1, 0.15) is 25.0 Å². The lowest BCUT2D eigenvalue weighted by Gasteiger charge is -2.33. The van der Waals surface area contributed by atoms with Gasteiger partial charge in [0.2, 0.25) is 0 Å². The normalized spacial score (nSPS) is 19.7. The Morgan fingerprint density at radius 3 is 3.05 bits per heavy atom. The zero-order chi connectivity index (χ0) is 13.5. The number of aromatic nitrogens is 2. The van der Waals surface area contributed by atoms with Crippen molar-refractivity contribution in [3.05, 3.63) is 17.8 Å². The second-order valence-corrected chi connectivity index (χ2v) is 5.12. The third kappa shape index (κ3) is 4.44. The van der Waals surface area contributed by atoms with Gasteiger partial charge in [-0.25, -0.2) is 0 Å². The van der Waals surface area contributed by atoms with E-state index in [0.717, 1.165) is 44.2 Å². The molecule has 0 unspecified atom stereocenters. The van der Waals surface area contributed by atoms with Crippen molar-refractivity contribution in [2.75, 3.05) is 38.3 Å². The van der Waals surface area contributed by atoms with E-state index in [1.165, 1.54) is 12.8 Å². The van der Waals surface area contributed by atoms with E-state index in [1.54, 1.807) is 7.11 Å². The van der Waals surface area contributed by atoms with Crippen LogP contribution in [0.3, 0.4) is 0 Å². The average molecular weight is 264 g/mol. The molecule has 1 fully saturated rings. The monoisotopic (exact) mass is 264 g/mol. The Hall–Kier alpha value is -1.20. The fraction of sp³-hybridized carbons (Fsp3) is 0.714. The van der Waals surface area contributed by atoms with Crippen molar-refractivity contribution in [2.45, 2.75) is 32.2 Å². The van der Waals surface area contributed by atoms with Crippen LogP contribution in [0.4, 0.5) is 5.82 Å². The van der Waals surface area contributed by atoms with Crippen molar-refractivity contribution >= 4 is 5.82 Å². The van der Waals surface area contributed by atoms with Crippen molar-refractivity contribution in [2.24, 2.45) is 0 Å². The van der Waals surface area contributed by atoms with Crippen LogP contribution in [0.15, 0.2) is 12.1 Å². The summed E-state index contributed by atoms with van der Waals surface area (Å²) in [6, 6.07) is 4.64. The van der Waals surface area contributed by atoms with Gasteiger partial charge in [-0.05, 0) is 44.9 Å². The van der Waals surface area contributed by atoms with E-state index in [0.29, 0.717) is 6.04 Å². The van der Waals surface area contributed by atoms with Gasteiger partial charge >= 0.3 is 0 Å². The zero-order valence-electron chi connectivity index (χ0n) is 11.9. The topological polar surface area (TPSA) is 50.3 Å². The fourth-order valence-corrected chi connectivity index (χ4v) is 2.44. The molecule has 5 nitrogen and oxygen atoms in total. The number of piperidine rings is 1. The SMILES string of the molecule is COCCCN[C@@H]1CCCN(c2ccc(C)nn2)C1. The lowest BCUT2D eigenvalue weighted by atomic mass is 10.1. The Bertz CT molecular complexity index is 368. The molecule has 5 heteroatoms. The number of ether oxygens (including phenoxy) is 1. The highest BCUT2D eigenvalue weighted by Gasteiger charge is 2.20. The summed E-state index contributed by atoms with van der Waals surface area (Å²) in [5.74, 6) is 0.994. The predicted octanol–water partition coefficient (Wildman–Crippen LogP) is 1.38. The second-order valence-electron chi connectivity index (χ2n) is 5.12. The third-order valence-electron chi connectivity index (χ3n) is 3.49. The Balaban J connectivity index is 1.81. The standard InChI is InChI=1S/C14H24N4O/c1-12-6-7-14(17-16-12)18-9-3-5-13(11-18)15-8-4-10-19-2/h6-7,13,15H,3-5,8-11H2,1-2H3/t13-/m1/s1. The number of hydrogen-bond donors (Lipinski definition) is 1. The average Bonchev–Trinajstić information content (AvgIpc) is 2.45. The summed E-state index contributed by atoms with van der Waals surface area (Å²) in [5.41, 5.74) is 0.968. The quantitative estimate of drug-likeness (QED) is 0.787. The molecule has 0 aromatic carbocycles. The number of hydrogen-bond acceptors (Lipinski definition) is 5. The van der Waals surface area contributed by atoms with Gasteiger partial charge in [0.25, 0.3) is 0 Å². The van der Waals surface area contributed by atoms with Gasteiger partial charge in [-0.3, -0.25) is 0 Å². The molecule has 1 aliphatic rings. The second kappa shape index (κ2) is 7.40. The zero-order valence-corrected chi connectivity index (χ0v) is 11.9. The van der Waals surface area contributed by atoms with Crippen LogP contribution < -0.4 is 10.2 Å². The van der Waals surface area contributed by atoms with Crippen molar-refractivity contribution in [1.29, 1.82) is 0 Å². The minimum absolute atomic E-state index is 0.550. The van der Waals surface area contributed by atoms with E-state index < -0.39 is 0 Å². The van der Waals surface area contributed by atoms with Crippen LogP contribution >= 0.6 is 0 Å². The highest BCUT2D eigenvalue weighted by molar-refractivity contribution is 5.38. The lowest BCUT2D eigenvalue weighted by molar-refractivity contribution is 0.192. The summed E-state index contributed by atoms with van der Waals surface area (Å²) in [5, 5.41) is 12.0. The molecule has 1 aromatic heterocycles. The number of nitrogens with one attached hydrogen (secondary N) is 1. The number of anilines is 1. The number of methoxy groups -OCH3 is 1. The van der Waals surface area contributed by atoms with Crippen molar-refractivity contribution in [3.8, 4) is 0 Å². The Morgan fingerprint density at radius 1 is 1.42 bits per heavy atom. The molecule has 0 spiro atoms. The molecule has 0 bridgehead atoms. The smallest absolute Gasteiger partial charge is 0.151 e. The minimum Gasteiger partial charge on any atom is -0.385 e. The molecule has 0 amide bonds. The van der Waals surface area contributed by atoms with E-state index in [-0.39, 0.29) is 0 Å². The molecule has 0 aliphatic carbocycles. The Morgan fingerprint density at radius 2 is 2.32 bits per heavy atom. The van der Waals surface area contributed by atoms with Gasteiger partial charge < -0.3 is 15.0 Å². The van der Waals surface area contributed by atoms with Crippen LogP contribution in [-0.2, 0) is 4.74 Å². The van der Waals surface area contributed by atoms with Crippen molar-refractivity contribution in [1.82, 2.24) is 15.5 Å². The summed E-state index contributed by atoms with van der Waals surface area (Å²) in [4.78, 5) is 2.32. The first-order chi connectivity index (χ1) is 9.29. The predicted molar refractivity (Wildman–Crippen MR) is 76.5 cm³/mol. The van der Waals surface area contributed by atoms with Crippen molar-refractivity contribution < 1.29 is 4.74 Å². The maximum absolute atomic E-state index is 5.06. The molecule has 1 aromatic rings. The molecule has 0 saturated carbocycles. The molecule has 1 aliphatic heterocycles. The maximum Gasteiger partial charge on any atom is 0.151 e. The number of nitrogens with zero attached hydrogens (tertiary/aromatic N) is 3. The van der Waals surface area contributed by atoms with E-state index >= 15 is 0 Å². The van der Waals surface area contributed by atoms with Crippen LogP contribution in [0.5, 0.6) is 0 Å². The van der Waals surface area contributed by atoms with Gasteiger partial charge in [-0.1, -0.05) is 0 Å². The van der Waals surface area contributed by atoms with Crippen LogP contribution in [0, 0.1) is 6.92 Å². The van der Waals surface area contributed by atoms with Crippen LogP contribution in [0.2, 0.25) is 0 Å². The fourth-order valence-electron chi connectivity index (χ4n) is 2.44. The summed E-state index contributed by atoms with van der Waals surface area (Å²) >= 11 is 0. The lowest BCUT2D eigenvalue weighted by Crippen LogP contribution is -2.46. The van der Waals surface area contributed by atoms with Gasteiger partial charge in [0.05, 0.1) is 5.69 Å². The van der Waals surface area contributed by atoms with E-state index in [4.69, 9.17) is 4.74 Å². The molecule has 1 N–H and O–H groups in total. The molecule has 19 heavy (non-hydrogen) atoms. The van der Waals surface area contributed by atoms with Gasteiger partial charge in [-0.2, -0.15) is 5.10 Å². The molecule has 2 heterocycles. The van der Waals surface area contributed by atoms with Gasteiger partial charge in [0, 0.05) is 32.8 Å². The highest BCUT2D eigenvalue weighted by atomic mass is 16.5. The maximum atomic E-state index is 5.06. The van der Waals surface area contributed by atoms with Gasteiger partial charge in [0.1, 0.15) is 0 Å². The Kier molecular flexibility index (Phi) is 5.54. The molecule has 2 rings (SSSR count). The van der Waals surface area contributed by atoms with Crippen LogP contribution in [0.25, 0.3) is 0 Å². The molecule has 0 radical (unpaired) electrons. The first kappa shape index (κ1) is 14.2. The highest BCUT2D eigenvalue weighted by Crippen LogP contribution is 2.17. The number of aryl methyl sites for hydroxylation is 1. The summed E-state index contributed by atoms with van der Waals surface area (Å²) in [6.07, 6.45) is 3.51. The van der Waals surface area contributed by atoms with E-state index in [1.807, 2.05) is 13.0 Å². The minimum atomic E-state index is 0.550. The van der Waals surface area contributed by atoms with E-state index in [9.17, 15) is 0 Å². The largest absolute Gasteiger partial charge is 0.385 e. The van der Waals surface area contributed by atoms with E-state index in [2.05, 4.69) is 26.5 Å². The first-order valence-electron chi connectivity index (χ1n) is 7.07. The van der Waals surface area contributed by atoms with Gasteiger partial charge in [0.15, 0.2) is 5.82 Å². The van der Waals surface area contributed by atoms with Gasteiger partial charge in [-0.15, -0.1) is 5.10 Å². The molecule has 1 atom stereocenters. The summed E-state index contributed by atoms with van der Waals surface area (Å²) in [7, 11) is 1.75. The Labute approximate surface area is 115 Å². The molecule has 1 saturated heterocycles. The first-order valence-corrected chi connectivity index (χ1v) is 7.07. The molecular weight excluding hydrogens is 240 g/mol. The summed E-state index contributed by atoms with van der Waals surface area (Å²) < 4.78 is 5.06. The molecular formula is C14H24N4O.